The summed E-state index contributed by atoms with van der Waals surface area (Å²) in [6.07, 6.45) is 2.03. The van der Waals surface area contributed by atoms with Crippen LogP contribution in [0, 0.1) is 27.6 Å². The van der Waals surface area contributed by atoms with Crippen LogP contribution in [-0.2, 0) is 11.2 Å². The fraction of sp³-hybridized carbons (Fsp3) is 0.120. The van der Waals surface area contributed by atoms with Crippen molar-refractivity contribution in [3.8, 4) is 11.8 Å². The zero-order valence-electron chi connectivity index (χ0n) is 17.1. The summed E-state index contributed by atoms with van der Waals surface area (Å²) in [6.45, 7) is 1.88. The van der Waals surface area contributed by atoms with Gasteiger partial charge in [-0.05, 0) is 82.6 Å². The number of nitrogens with zero attached hydrogens (tertiary/aromatic N) is 1. The molecule has 3 aromatic carbocycles. The lowest BCUT2D eigenvalue weighted by Crippen LogP contribution is -2.14. The Labute approximate surface area is 194 Å². The van der Waals surface area contributed by atoms with Crippen LogP contribution in [0.15, 0.2) is 66.2 Å². The lowest BCUT2D eigenvalue weighted by Gasteiger charge is -2.13. The third-order valence-corrected chi connectivity index (χ3v) is 5.70. The van der Waals surface area contributed by atoms with Gasteiger partial charge in [0.2, 0.25) is 0 Å². The number of hydrogen-bond donors (Lipinski definition) is 1. The van der Waals surface area contributed by atoms with E-state index in [-0.39, 0.29) is 11.4 Å². The van der Waals surface area contributed by atoms with E-state index < -0.39 is 5.91 Å². The fourth-order valence-corrected chi connectivity index (χ4v) is 3.95. The van der Waals surface area contributed by atoms with Gasteiger partial charge in [0, 0.05) is 21.2 Å². The van der Waals surface area contributed by atoms with Crippen molar-refractivity contribution in [2.24, 2.45) is 0 Å². The highest BCUT2D eigenvalue weighted by molar-refractivity contribution is 14.1. The fourth-order valence-electron chi connectivity index (χ4n) is 3.14. The van der Waals surface area contributed by atoms with Gasteiger partial charge < -0.3 is 10.1 Å². The second-order valence-corrected chi connectivity index (χ2v) is 8.09. The van der Waals surface area contributed by atoms with E-state index >= 15 is 0 Å². The molecule has 0 aliphatic rings. The average molecular weight is 526 g/mol. The van der Waals surface area contributed by atoms with Crippen LogP contribution >= 0.6 is 22.6 Å². The number of amides is 1. The second-order valence-electron chi connectivity index (χ2n) is 6.93. The molecule has 0 aliphatic carbocycles. The molecule has 0 bridgehead atoms. The second kappa shape index (κ2) is 10.2. The highest BCUT2D eigenvalue weighted by Gasteiger charge is 2.14. The van der Waals surface area contributed by atoms with E-state index in [9.17, 15) is 14.4 Å². The Morgan fingerprint density at radius 1 is 1.19 bits per heavy atom. The van der Waals surface area contributed by atoms with E-state index in [0.29, 0.717) is 23.4 Å². The van der Waals surface area contributed by atoms with Crippen molar-refractivity contribution in [1.82, 2.24) is 0 Å². The van der Waals surface area contributed by atoms with Gasteiger partial charge in [0.05, 0.1) is 7.11 Å². The van der Waals surface area contributed by atoms with Gasteiger partial charge in [-0.1, -0.05) is 30.3 Å². The Kier molecular flexibility index (Phi) is 7.42. The first kappa shape index (κ1) is 22.5. The van der Waals surface area contributed by atoms with Crippen LogP contribution in [0.2, 0.25) is 0 Å². The number of halogens is 2. The number of anilines is 1. The van der Waals surface area contributed by atoms with E-state index in [2.05, 4.69) is 27.9 Å². The minimum absolute atomic E-state index is 0.0148. The zero-order valence-corrected chi connectivity index (χ0v) is 19.2. The molecule has 1 N–H and O–H groups in total. The molecule has 6 heteroatoms. The predicted octanol–water partition coefficient (Wildman–Crippen LogP) is 5.88. The molecule has 0 spiro atoms. The van der Waals surface area contributed by atoms with Crippen molar-refractivity contribution in [3.05, 3.63) is 97.9 Å². The number of hydrogen-bond acceptors (Lipinski definition) is 3. The monoisotopic (exact) mass is 526 g/mol. The molecule has 0 radical (unpaired) electrons. The molecule has 0 atom stereocenters. The summed E-state index contributed by atoms with van der Waals surface area (Å²) in [6, 6.07) is 19.4. The SMILES string of the molecule is COc1cc(/C=C(\C#N)C(=O)Nc2ccccc2C)cc(I)c1Cc1cccc(F)c1. The topological polar surface area (TPSA) is 62.1 Å². The van der Waals surface area contributed by atoms with Crippen molar-refractivity contribution >= 4 is 40.3 Å². The standard InChI is InChI=1S/C25H20FIN2O2/c1-16-6-3-4-9-23(16)29-25(30)19(15-28)10-18-13-22(27)21(24(14-18)31-2)12-17-7-5-8-20(26)11-17/h3-11,13-14H,12H2,1-2H3,(H,29,30)/b19-10+. The van der Waals surface area contributed by atoms with E-state index in [1.165, 1.54) is 18.2 Å². The van der Waals surface area contributed by atoms with Gasteiger partial charge in [-0.3, -0.25) is 4.79 Å². The number of nitrogens with one attached hydrogen (secondary N) is 1. The molecule has 3 rings (SSSR count). The molecule has 0 saturated heterocycles. The molecule has 0 aliphatic heterocycles. The molecular weight excluding hydrogens is 506 g/mol. The van der Waals surface area contributed by atoms with Crippen LogP contribution in [0.25, 0.3) is 6.08 Å². The normalized spacial score (nSPS) is 11.0. The van der Waals surface area contributed by atoms with Gasteiger partial charge in [0.25, 0.3) is 5.91 Å². The summed E-state index contributed by atoms with van der Waals surface area (Å²) < 4.78 is 20.0. The lowest BCUT2D eigenvalue weighted by molar-refractivity contribution is -0.112. The minimum Gasteiger partial charge on any atom is -0.496 e. The number of nitriles is 1. The first-order valence-corrected chi connectivity index (χ1v) is 10.6. The van der Waals surface area contributed by atoms with Gasteiger partial charge in [0.15, 0.2) is 0 Å². The van der Waals surface area contributed by atoms with Crippen LogP contribution in [0.3, 0.4) is 0 Å². The number of methoxy groups -OCH3 is 1. The van der Waals surface area contributed by atoms with Crippen molar-refractivity contribution in [3.63, 3.8) is 0 Å². The van der Waals surface area contributed by atoms with Gasteiger partial charge in [0.1, 0.15) is 23.2 Å². The average Bonchev–Trinajstić information content (AvgIpc) is 2.75. The number of carbonyl (C=O) groups excluding carboxylic acids is 1. The molecule has 0 saturated carbocycles. The molecule has 156 valence electrons. The van der Waals surface area contributed by atoms with Crippen molar-refractivity contribution < 1.29 is 13.9 Å². The third-order valence-electron chi connectivity index (χ3n) is 4.74. The molecule has 4 nitrogen and oxygen atoms in total. The molecular formula is C25H20FIN2O2. The first-order chi connectivity index (χ1) is 14.9. The Balaban J connectivity index is 1.90. The summed E-state index contributed by atoms with van der Waals surface area (Å²) >= 11 is 2.18. The van der Waals surface area contributed by atoms with Crippen LogP contribution in [0.4, 0.5) is 10.1 Å². The van der Waals surface area contributed by atoms with Crippen LogP contribution < -0.4 is 10.1 Å². The Hall–Kier alpha value is -3.18. The predicted molar refractivity (Wildman–Crippen MR) is 128 cm³/mol. The summed E-state index contributed by atoms with van der Waals surface area (Å²) in [5, 5.41) is 12.3. The number of rotatable bonds is 6. The number of carbonyl (C=O) groups is 1. The summed E-state index contributed by atoms with van der Waals surface area (Å²) in [5.74, 6) is -0.155. The number of benzene rings is 3. The first-order valence-electron chi connectivity index (χ1n) is 9.51. The maximum Gasteiger partial charge on any atom is 0.266 e. The highest BCUT2D eigenvalue weighted by Crippen LogP contribution is 2.30. The van der Waals surface area contributed by atoms with Gasteiger partial charge in [-0.25, -0.2) is 4.39 Å². The van der Waals surface area contributed by atoms with E-state index in [4.69, 9.17) is 4.74 Å². The largest absolute Gasteiger partial charge is 0.496 e. The molecule has 0 aromatic heterocycles. The van der Waals surface area contributed by atoms with Crippen molar-refractivity contribution in [2.75, 3.05) is 12.4 Å². The number of para-hydroxylation sites is 1. The van der Waals surface area contributed by atoms with Gasteiger partial charge in [-0.15, -0.1) is 0 Å². The molecule has 0 fully saturated rings. The summed E-state index contributed by atoms with van der Waals surface area (Å²) in [7, 11) is 1.56. The van der Waals surface area contributed by atoms with E-state index in [0.717, 1.165) is 20.3 Å². The smallest absolute Gasteiger partial charge is 0.266 e. The van der Waals surface area contributed by atoms with Crippen LogP contribution in [0.1, 0.15) is 22.3 Å². The van der Waals surface area contributed by atoms with E-state index in [1.54, 1.807) is 25.3 Å². The highest BCUT2D eigenvalue weighted by atomic mass is 127. The summed E-state index contributed by atoms with van der Waals surface area (Å²) in [4.78, 5) is 12.6. The molecule has 0 heterocycles. The maximum absolute atomic E-state index is 13.5. The molecule has 31 heavy (non-hydrogen) atoms. The Morgan fingerprint density at radius 3 is 2.65 bits per heavy atom. The van der Waals surface area contributed by atoms with Crippen molar-refractivity contribution in [1.29, 1.82) is 5.26 Å². The minimum atomic E-state index is -0.477. The summed E-state index contributed by atoms with van der Waals surface area (Å²) in [5.41, 5.74) is 3.96. The third kappa shape index (κ3) is 5.70. The van der Waals surface area contributed by atoms with Crippen LogP contribution in [0.5, 0.6) is 5.75 Å². The quantitative estimate of drug-likeness (QED) is 0.248. The molecule has 0 unspecified atom stereocenters. The number of aryl methyl sites for hydroxylation is 1. The van der Waals surface area contributed by atoms with E-state index in [1.807, 2.05) is 43.3 Å². The Morgan fingerprint density at radius 2 is 1.97 bits per heavy atom. The Bertz CT molecular complexity index is 1200. The number of ether oxygens (including phenoxy) is 1. The van der Waals surface area contributed by atoms with Gasteiger partial charge >= 0.3 is 0 Å². The van der Waals surface area contributed by atoms with Crippen molar-refractivity contribution in [2.45, 2.75) is 13.3 Å². The molecule has 3 aromatic rings. The lowest BCUT2D eigenvalue weighted by atomic mass is 10.0. The van der Waals surface area contributed by atoms with Crippen LogP contribution in [-0.4, -0.2) is 13.0 Å². The molecule has 1 amide bonds. The maximum atomic E-state index is 13.5. The van der Waals surface area contributed by atoms with Gasteiger partial charge in [-0.2, -0.15) is 5.26 Å². The zero-order chi connectivity index (χ0) is 22.4.